The number of hydrogen-bond donors (Lipinski definition) is 0. The maximum atomic E-state index is 16.8. The topological polar surface area (TPSA) is 34.2 Å². The molecule has 3 aromatic carbocycles. The number of rotatable bonds is 1. The molecule has 6 heteroatoms. The van der Waals surface area contributed by atoms with Gasteiger partial charge in [-0.05, 0) is 40.8 Å². The lowest BCUT2D eigenvalue weighted by molar-refractivity contribution is 0.573. The minimum absolute atomic E-state index is 0.0394. The van der Waals surface area contributed by atoms with Gasteiger partial charge in [0.2, 0.25) is 10.8 Å². The fourth-order valence-electron chi connectivity index (χ4n) is 5.93. The van der Waals surface area contributed by atoms with Crippen LogP contribution in [0.3, 0.4) is 0 Å². The molecule has 2 aliphatic heterocycles. The van der Waals surface area contributed by atoms with Crippen LogP contribution in [-0.2, 0) is 5.41 Å². The van der Waals surface area contributed by atoms with Crippen LogP contribution in [0, 0.1) is 0 Å². The highest BCUT2D eigenvalue weighted by molar-refractivity contribution is 6.52. The van der Waals surface area contributed by atoms with Crippen molar-refractivity contribution in [2.45, 2.75) is 26.2 Å². The predicted octanol–water partition coefficient (Wildman–Crippen LogP) is 5.99. The molecule has 0 amide bonds. The van der Waals surface area contributed by atoms with E-state index < -0.39 is 7.26 Å². The van der Waals surface area contributed by atoms with E-state index >= 15 is 4.32 Å². The Kier molecular flexibility index (Phi) is 3.89. The first-order valence-electron chi connectivity index (χ1n) is 12.6. The molecule has 0 N–H and O–H groups in total. The molecule has 37 heavy (non-hydrogen) atoms. The molecular formula is C31H23BFN2O2+. The van der Waals surface area contributed by atoms with Crippen LogP contribution in [0.25, 0.3) is 44.7 Å². The Balaban J connectivity index is 1.51. The molecule has 0 fully saturated rings. The van der Waals surface area contributed by atoms with Gasteiger partial charge in [0.1, 0.15) is 11.2 Å². The third kappa shape index (κ3) is 2.70. The summed E-state index contributed by atoms with van der Waals surface area (Å²) in [5, 5.41) is 2.57. The van der Waals surface area contributed by atoms with Crippen LogP contribution in [0.5, 0.6) is 0 Å². The zero-order chi connectivity index (χ0) is 25.1. The first kappa shape index (κ1) is 20.8. The average molecular weight is 485 g/mol. The summed E-state index contributed by atoms with van der Waals surface area (Å²) in [6, 6.07) is 26.2. The van der Waals surface area contributed by atoms with Gasteiger partial charge >= 0.3 is 7.26 Å². The molecule has 3 aromatic heterocycles. The molecule has 0 saturated carbocycles. The molecule has 8 rings (SSSR count). The van der Waals surface area contributed by atoms with E-state index in [-0.39, 0.29) is 5.41 Å². The number of hydrogen-bond acceptors (Lipinski definition) is 2. The van der Waals surface area contributed by atoms with Crippen molar-refractivity contribution >= 4 is 51.9 Å². The smallest absolute Gasteiger partial charge is 0.454 e. The molecule has 0 aliphatic carbocycles. The second-order valence-electron chi connectivity index (χ2n) is 10.9. The van der Waals surface area contributed by atoms with E-state index in [2.05, 4.69) is 45.0 Å². The largest absolute Gasteiger partial charge is 0.847 e. The summed E-state index contributed by atoms with van der Waals surface area (Å²) >= 11 is 0. The lowest BCUT2D eigenvalue weighted by Crippen LogP contribution is -2.47. The highest BCUT2D eigenvalue weighted by Crippen LogP contribution is 2.41. The molecule has 178 valence electrons. The first-order valence-corrected chi connectivity index (χ1v) is 12.6. The molecule has 0 atom stereocenters. The van der Waals surface area contributed by atoms with Crippen LogP contribution in [-0.4, -0.2) is 11.7 Å². The minimum atomic E-state index is -1.46. The van der Waals surface area contributed by atoms with Crippen molar-refractivity contribution in [3.63, 3.8) is 0 Å². The molecule has 0 saturated heterocycles. The van der Waals surface area contributed by atoms with Gasteiger partial charge in [-0.25, -0.2) is 8.80 Å². The van der Waals surface area contributed by atoms with Crippen LogP contribution < -0.4 is 15.3 Å². The van der Waals surface area contributed by atoms with Gasteiger partial charge in [0, 0.05) is 11.5 Å². The molecule has 0 radical (unpaired) electrons. The monoisotopic (exact) mass is 485 g/mol. The number of benzene rings is 3. The van der Waals surface area contributed by atoms with Gasteiger partial charge in [-0.1, -0.05) is 69.3 Å². The maximum absolute atomic E-state index is 16.8. The highest BCUT2D eigenvalue weighted by Gasteiger charge is 2.51. The summed E-state index contributed by atoms with van der Waals surface area (Å²) in [7, 11) is -1.46. The lowest BCUT2D eigenvalue weighted by atomic mass is 9.84. The predicted molar refractivity (Wildman–Crippen MR) is 146 cm³/mol. The Bertz CT molecular complexity index is 2080. The Morgan fingerprint density at radius 2 is 1.49 bits per heavy atom. The van der Waals surface area contributed by atoms with Crippen LogP contribution >= 0.6 is 0 Å². The summed E-state index contributed by atoms with van der Waals surface area (Å²) < 4.78 is 32.8. The Morgan fingerprint density at radius 1 is 0.811 bits per heavy atom. The summed E-state index contributed by atoms with van der Waals surface area (Å²) in [5.41, 5.74) is 8.51. The van der Waals surface area contributed by atoms with Gasteiger partial charge in [-0.15, -0.1) is 0 Å². The van der Waals surface area contributed by atoms with Crippen molar-refractivity contribution in [3.05, 3.63) is 112 Å². The number of fused-ring (bicyclic) bond motifs is 9. The normalized spacial score (nSPS) is 15.0. The number of halogens is 1. The van der Waals surface area contributed by atoms with E-state index in [4.69, 9.17) is 8.83 Å². The molecule has 5 heterocycles. The number of nitrogens with zero attached hydrogens (tertiary/aromatic N) is 2. The Hall–Kier alpha value is -4.32. The van der Waals surface area contributed by atoms with Crippen molar-refractivity contribution in [2.24, 2.45) is 0 Å². The summed E-state index contributed by atoms with van der Waals surface area (Å²) in [6.45, 7) is 6.62. The lowest BCUT2D eigenvalue weighted by Gasteiger charge is -2.21. The summed E-state index contributed by atoms with van der Waals surface area (Å²) in [6.07, 6.45) is 1.98. The fraction of sp³-hybridized carbons (Fsp3) is 0.129. The van der Waals surface area contributed by atoms with Gasteiger partial charge < -0.3 is 8.83 Å². The van der Waals surface area contributed by atoms with Crippen molar-refractivity contribution in [1.82, 2.24) is 8.96 Å². The number of furan rings is 2. The second-order valence-corrected chi connectivity index (χ2v) is 10.9. The van der Waals surface area contributed by atoms with E-state index in [0.717, 1.165) is 55.3 Å². The van der Waals surface area contributed by atoms with E-state index in [0.29, 0.717) is 11.0 Å². The molecule has 6 aromatic rings. The molecule has 2 aliphatic rings. The average Bonchev–Trinajstić information content (AvgIpc) is 3.61. The number of para-hydroxylation sites is 2. The van der Waals surface area contributed by atoms with E-state index in [1.165, 1.54) is 5.56 Å². The zero-order valence-corrected chi connectivity index (χ0v) is 20.7. The third-order valence-electron chi connectivity index (χ3n) is 7.71. The maximum Gasteiger partial charge on any atom is 0.847 e. The van der Waals surface area contributed by atoms with E-state index in [1.807, 2.05) is 60.7 Å². The van der Waals surface area contributed by atoms with Crippen LogP contribution in [0.4, 0.5) is 4.32 Å². The van der Waals surface area contributed by atoms with Crippen molar-refractivity contribution in [3.8, 4) is 0 Å². The highest BCUT2D eigenvalue weighted by atomic mass is 19.1. The Labute approximate surface area is 212 Å². The first-order chi connectivity index (χ1) is 17.9. The van der Waals surface area contributed by atoms with E-state index in [1.54, 1.807) is 8.96 Å². The fourth-order valence-corrected chi connectivity index (χ4v) is 5.93. The van der Waals surface area contributed by atoms with Gasteiger partial charge in [0.25, 0.3) is 0 Å². The minimum Gasteiger partial charge on any atom is -0.454 e. The molecule has 0 bridgehead atoms. The summed E-state index contributed by atoms with van der Waals surface area (Å²) in [4.78, 5) is 0. The molecule has 0 unspecified atom stereocenters. The SMILES string of the molecule is CC(C)(C)c1ccc(C2=C3C=c4oc5ccccc5c4=[N+]3B(F)n3c2cc2oc4ccccc4c23)cc1. The number of aromatic nitrogens is 1. The van der Waals surface area contributed by atoms with Crippen LogP contribution in [0.1, 0.15) is 37.6 Å². The van der Waals surface area contributed by atoms with Gasteiger partial charge in [-0.2, -0.15) is 0 Å². The van der Waals surface area contributed by atoms with Gasteiger partial charge in [0.05, 0.1) is 28.2 Å². The second kappa shape index (κ2) is 6.91. The van der Waals surface area contributed by atoms with Crippen LogP contribution in [0.15, 0.2) is 93.4 Å². The Morgan fingerprint density at radius 3 is 2.22 bits per heavy atom. The standard InChI is InChI=1S/C31H23BFN2O2/c1-31(2,3)19-14-12-18(13-15-19)28-22-16-26-29(20-8-4-6-10-24(20)36-26)34(22)32(33)35-23(28)17-27-30(35)21-9-5-7-11-25(21)37-27/h4-17H,1-3H3/q+1. The summed E-state index contributed by atoms with van der Waals surface area (Å²) in [5.74, 6) is 0. The third-order valence-corrected chi connectivity index (χ3v) is 7.71. The van der Waals surface area contributed by atoms with Gasteiger partial charge in [-0.3, -0.25) is 4.48 Å². The van der Waals surface area contributed by atoms with Crippen LogP contribution in [0.2, 0.25) is 0 Å². The zero-order valence-electron chi connectivity index (χ0n) is 20.7. The van der Waals surface area contributed by atoms with Gasteiger partial charge in [0.15, 0.2) is 11.3 Å². The molecule has 4 nitrogen and oxygen atoms in total. The van der Waals surface area contributed by atoms with Crippen molar-refractivity contribution in [2.75, 3.05) is 0 Å². The number of allylic oxidation sites excluding steroid dienone is 1. The van der Waals surface area contributed by atoms with Crippen molar-refractivity contribution < 1.29 is 13.1 Å². The van der Waals surface area contributed by atoms with Crippen molar-refractivity contribution in [1.29, 1.82) is 0 Å². The molecular weight excluding hydrogens is 462 g/mol. The molecule has 0 spiro atoms. The van der Waals surface area contributed by atoms with E-state index in [9.17, 15) is 0 Å². The quantitative estimate of drug-likeness (QED) is 0.268.